The molecule has 0 saturated heterocycles. The lowest BCUT2D eigenvalue weighted by molar-refractivity contribution is -0.389. The predicted molar refractivity (Wildman–Crippen MR) is 55.7 cm³/mol. The van der Waals surface area contributed by atoms with Crippen LogP contribution in [0.3, 0.4) is 0 Å². The fourth-order valence-corrected chi connectivity index (χ4v) is 1.02. The molecule has 0 aliphatic rings. The molecule has 0 radical (unpaired) electrons. The number of aromatic nitrogens is 1. The first-order chi connectivity index (χ1) is 7.09. The molecule has 1 heterocycles. The number of hydrogen-bond donors (Lipinski definition) is 2. The largest absolute Gasteiger partial charge is 0.393 e. The molecule has 1 rings (SSSR count). The minimum atomic E-state index is -0.542. The molecule has 2 N–H and O–H groups in total. The van der Waals surface area contributed by atoms with Crippen molar-refractivity contribution in [1.29, 1.82) is 0 Å². The number of pyridine rings is 1. The van der Waals surface area contributed by atoms with Gasteiger partial charge in [0.25, 0.3) is 0 Å². The summed E-state index contributed by atoms with van der Waals surface area (Å²) in [6, 6.07) is 2.93. The summed E-state index contributed by atoms with van der Waals surface area (Å²) in [5, 5.41) is 22.3. The topological polar surface area (TPSA) is 88.3 Å². The van der Waals surface area contributed by atoms with Crippen LogP contribution in [-0.4, -0.2) is 27.7 Å². The average Bonchev–Trinajstić information content (AvgIpc) is 2.18. The van der Waals surface area contributed by atoms with E-state index in [-0.39, 0.29) is 11.9 Å². The van der Waals surface area contributed by atoms with Gasteiger partial charge in [-0.05, 0) is 29.3 Å². The van der Waals surface area contributed by atoms with E-state index in [0.29, 0.717) is 18.7 Å². The van der Waals surface area contributed by atoms with Gasteiger partial charge >= 0.3 is 5.82 Å². The second-order valence-electron chi connectivity index (χ2n) is 3.23. The van der Waals surface area contributed by atoms with Crippen molar-refractivity contribution in [3.8, 4) is 0 Å². The molecule has 0 amide bonds. The SMILES string of the molecule is CC(O)CCNc1ccc([N+](=O)[O-])nc1. The normalized spacial score (nSPS) is 12.1. The first kappa shape index (κ1) is 11.4. The summed E-state index contributed by atoms with van der Waals surface area (Å²) in [5.74, 6) is -0.170. The van der Waals surface area contributed by atoms with Crippen LogP contribution in [0.15, 0.2) is 18.3 Å². The second-order valence-corrected chi connectivity index (χ2v) is 3.23. The summed E-state index contributed by atoms with van der Waals surface area (Å²) in [5.41, 5.74) is 0.709. The lowest BCUT2D eigenvalue weighted by Gasteiger charge is -2.05. The number of rotatable bonds is 5. The number of nitrogens with one attached hydrogen (secondary N) is 1. The Morgan fingerprint density at radius 3 is 2.87 bits per heavy atom. The molecular weight excluding hydrogens is 198 g/mol. The Labute approximate surface area is 87.1 Å². The Morgan fingerprint density at radius 2 is 2.40 bits per heavy atom. The van der Waals surface area contributed by atoms with Crippen molar-refractivity contribution in [2.75, 3.05) is 11.9 Å². The molecule has 1 aromatic heterocycles. The minimum Gasteiger partial charge on any atom is -0.393 e. The summed E-state index contributed by atoms with van der Waals surface area (Å²) in [6.45, 7) is 2.31. The van der Waals surface area contributed by atoms with Crippen LogP contribution in [0, 0.1) is 10.1 Å². The Kier molecular flexibility index (Phi) is 3.99. The summed E-state index contributed by atoms with van der Waals surface area (Å²) in [6.07, 6.45) is 1.67. The van der Waals surface area contributed by atoms with Crippen LogP contribution in [0.1, 0.15) is 13.3 Å². The van der Waals surface area contributed by atoms with Gasteiger partial charge in [0.05, 0.1) is 11.8 Å². The molecule has 0 aliphatic carbocycles. The van der Waals surface area contributed by atoms with Crippen LogP contribution in [-0.2, 0) is 0 Å². The Bertz CT molecular complexity index is 324. The molecule has 6 heteroatoms. The number of aliphatic hydroxyl groups is 1. The van der Waals surface area contributed by atoms with E-state index < -0.39 is 4.92 Å². The number of hydrogen-bond acceptors (Lipinski definition) is 5. The molecule has 1 atom stereocenters. The van der Waals surface area contributed by atoms with Crippen LogP contribution >= 0.6 is 0 Å². The highest BCUT2D eigenvalue weighted by Gasteiger charge is 2.05. The first-order valence-electron chi connectivity index (χ1n) is 4.62. The lowest BCUT2D eigenvalue weighted by Crippen LogP contribution is -2.09. The molecule has 1 unspecified atom stereocenters. The van der Waals surface area contributed by atoms with Gasteiger partial charge in [0, 0.05) is 12.6 Å². The van der Waals surface area contributed by atoms with E-state index in [9.17, 15) is 10.1 Å². The lowest BCUT2D eigenvalue weighted by atomic mass is 10.3. The highest BCUT2D eigenvalue weighted by molar-refractivity contribution is 5.43. The molecule has 0 aliphatic heterocycles. The van der Waals surface area contributed by atoms with Crippen LogP contribution in [0.2, 0.25) is 0 Å². The van der Waals surface area contributed by atoms with E-state index in [1.165, 1.54) is 12.3 Å². The maximum Gasteiger partial charge on any atom is 0.363 e. The summed E-state index contributed by atoms with van der Waals surface area (Å²) >= 11 is 0. The molecule has 0 spiro atoms. The van der Waals surface area contributed by atoms with E-state index in [1.54, 1.807) is 13.0 Å². The van der Waals surface area contributed by atoms with Crippen molar-refractivity contribution >= 4 is 11.5 Å². The van der Waals surface area contributed by atoms with Gasteiger partial charge in [-0.15, -0.1) is 0 Å². The van der Waals surface area contributed by atoms with Crippen LogP contribution in [0.4, 0.5) is 11.5 Å². The smallest absolute Gasteiger partial charge is 0.363 e. The van der Waals surface area contributed by atoms with Crippen molar-refractivity contribution in [2.45, 2.75) is 19.4 Å². The van der Waals surface area contributed by atoms with Gasteiger partial charge < -0.3 is 20.5 Å². The number of nitro groups is 1. The molecule has 0 bridgehead atoms. The van der Waals surface area contributed by atoms with E-state index in [0.717, 1.165) is 0 Å². The molecule has 0 saturated carbocycles. The van der Waals surface area contributed by atoms with Crippen LogP contribution in [0.25, 0.3) is 0 Å². The Morgan fingerprint density at radius 1 is 1.67 bits per heavy atom. The highest BCUT2D eigenvalue weighted by atomic mass is 16.6. The first-order valence-corrected chi connectivity index (χ1v) is 4.62. The van der Waals surface area contributed by atoms with E-state index in [4.69, 9.17) is 5.11 Å². The van der Waals surface area contributed by atoms with E-state index in [2.05, 4.69) is 10.3 Å². The van der Waals surface area contributed by atoms with Crippen LogP contribution in [0.5, 0.6) is 0 Å². The highest BCUT2D eigenvalue weighted by Crippen LogP contribution is 2.11. The Balaban J connectivity index is 2.46. The van der Waals surface area contributed by atoms with Crippen molar-refractivity contribution in [1.82, 2.24) is 4.98 Å². The second kappa shape index (κ2) is 5.26. The number of anilines is 1. The maximum atomic E-state index is 10.3. The average molecular weight is 211 g/mol. The summed E-state index contributed by atoms with van der Waals surface area (Å²) in [4.78, 5) is 13.4. The minimum absolute atomic E-state index is 0.170. The van der Waals surface area contributed by atoms with Gasteiger partial charge in [-0.1, -0.05) is 0 Å². The zero-order valence-electron chi connectivity index (χ0n) is 8.38. The molecule has 15 heavy (non-hydrogen) atoms. The van der Waals surface area contributed by atoms with Crippen molar-refractivity contribution in [3.05, 3.63) is 28.4 Å². The quantitative estimate of drug-likeness (QED) is 0.563. The maximum absolute atomic E-state index is 10.3. The zero-order chi connectivity index (χ0) is 11.3. The third-order valence-corrected chi connectivity index (χ3v) is 1.83. The molecule has 1 aromatic rings. The molecular formula is C9H13N3O3. The van der Waals surface area contributed by atoms with Crippen molar-refractivity contribution in [3.63, 3.8) is 0 Å². The van der Waals surface area contributed by atoms with Crippen LogP contribution < -0.4 is 5.32 Å². The molecule has 6 nitrogen and oxygen atoms in total. The molecule has 0 fully saturated rings. The van der Waals surface area contributed by atoms with Crippen molar-refractivity contribution in [2.24, 2.45) is 0 Å². The summed E-state index contributed by atoms with van der Waals surface area (Å²) in [7, 11) is 0. The standard InChI is InChI=1S/C9H13N3O3/c1-7(13)4-5-10-8-2-3-9(11-6-8)12(14)15/h2-3,6-7,10,13H,4-5H2,1H3. The van der Waals surface area contributed by atoms with Gasteiger partial charge in [-0.25, -0.2) is 0 Å². The van der Waals surface area contributed by atoms with Gasteiger partial charge in [0.1, 0.15) is 0 Å². The Hall–Kier alpha value is -1.69. The summed E-state index contributed by atoms with van der Waals surface area (Å²) < 4.78 is 0. The number of aliphatic hydroxyl groups excluding tert-OH is 1. The van der Waals surface area contributed by atoms with Gasteiger partial charge in [0.2, 0.25) is 0 Å². The van der Waals surface area contributed by atoms with Gasteiger partial charge in [-0.3, -0.25) is 0 Å². The molecule has 82 valence electrons. The van der Waals surface area contributed by atoms with Crippen molar-refractivity contribution < 1.29 is 10.0 Å². The van der Waals surface area contributed by atoms with Gasteiger partial charge in [0.15, 0.2) is 6.20 Å². The fraction of sp³-hybridized carbons (Fsp3) is 0.444. The van der Waals surface area contributed by atoms with E-state index >= 15 is 0 Å². The molecule has 0 aromatic carbocycles. The monoisotopic (exact) mass is 211 g/mol. The fourth-order valence-electron chi connectivity index (χ4n) is 1.02. The third kappa shape index (κ3) is 3.90. The third-order valence-electron chi connectivity index (χ3n) is 1.83. The predicted octanol–water partition coefficient (Wildman–Crippen LogP) is 1.17. The number of nitrogens with zero attached hydrogens (tertiary/aromatic N) is 2. The van der Waals surface area contributed by atoms with Gasteiger partial charge in [-0.2, -0.15) is 0 Å². The zero-order valence-corrected chi connectivity index (χ0v) is 8.38. The van der Waals surface area contributed by atoms with E-state index in [1.807, 2.05) is 0 Å².